The lowest BCUT2D eigenvalue weighted by Gasteiger charge is -2.27. The van der Waals surface area contributed by atoms with Crippen LogP contribution in [0.1, 0.15) is 20.8 Å². The minimum Gasteiger partial charge on any atom is -0.443 e. The highest BCUT2D eigenvalue weighted by molar-refractivity contribution is 5.90. The fraction of sp³-hybridized carbons (Fsp3) is 0.500. The van der Waals surface area contributed by atoms with E-state index in [0.29, 0.717) is 5.82 Å². The Bertz CT molecular complexity index is 1040. The Labute approximate surface area is 200 Å². The van der Waals surface area contributed by atoms with Crippen molar-refractivity contribution in [1.82, 2.24) is 15.6 Å². The molecule has 0 radical (unpaired) electrons. The molecular formula is C22H28F2N6O5. The van der Waals surface area contributed by atoms with Gasteiger partial charge < -0.3 is 24.2 Å². The van der Waals surface area contributed by atoms with E-state index in [1.54, 1.807) is 26.8 Å². The number of rotatable bonds is 5. The van der Waals surface area contributed by atoms with Crippen LogP contribution in [0.15, 0.2) is 29.0 Å². The molecule has 1 aromatic carbocycles. The van der Waals surface area contributed by atoms with Crippen molar-refractivity contribution in [2.24, 2.45) is 0 Å². The summed E-state index contributed by atoms with van der Waals surface area (Å²) in [5, 5.41) is 7.96. The molecule has 2 saturated heterocycles. The quantitative estimate of drug-likeness (QED) is 0.648. The lowest BCUT2D eigenvalue weighted by Crippen LogP contribution is -2.46. The van der Waals surface area contributed by atoms with Crippen LogP contribution in [0.4, 0.5) is 35.6 Å². The number of amides is 2. The number of cyclic esters (lactones) is 1. The van der Waals surface area contributed by atoms with Gasteiger partial charge in [-0.1, -0.05) is 5.16 Å². The van der Waals surface area contributed by atoms with Gasteiger partial charge in [0.25, 0.3) is 0 Å². The van der Waals surface area contributed by atoms with Crippen LogP contribution in [0.2, 0.25) is 0 Å². The van der Waals surface area contributed by atoms with E-state index < -0.39 is 35.5 Å². The van der Waals surface area contributed by atoms with E-state index in [0.717, 1.165) is 12.1 Å². The molecule has 2 aliphatic rings. The second-order valence-corrected chi connectivity index (χ2v) is 9.17. The van der Waals surface area contributed by atoms with Crippen molar-refractivity contribution < 1.29 is 32.4 Å². The largest absolute Gasteiger partial charge is 0.443 e. The Hall–Kier alpha value is -3.61. The Morgan fingerprint density at radius 2 is 2.00 bits per heavy atom. The molecule has 1 atom stereocenters. The zero-order chi connectivity index (χ0) is 25.2. The molecule has 2 fully saturated rings. The first-order valence-electron chi connectivity index (χ1n) is 11.2. The number of carbonyl (C=O) groups excluding carboxylic acids is 2. The summed E-state index contributed by atoms with van der Waals surface area (Å²) < 4.78 is 45.6. The molecule has 4 rings (SSSR count). The van der Waals surface area contributed by atoms with Crippen LogP contribution in [0.3, 0.4) is 0 Å². The van der Waals surface area contributed by atoms with Gasteiger partial charge in [-0.15, -0.1) is 0 Å². The van der Waals surface area contributed by atoms with Gasteiger partial charge in [-0.3, -0.25) is 4.90 Å². The summed E-state index contributed by atoms with van der Waals surface area (Å²) in [5.41, 5.74) is 2.08. The second-order valence-electron chi connectivity index (χ2n) is 9.17. The van der Waals surface area contributed by atoms with Crippen molar-refractivity contribution in [2.75, 3.05) is 54.4 Å². The molecule has 0 spiro atoms. The number of benzene rings is 1. The number of anilines is 3. The molecule has 2 aromatic rings. The number of hydrogen-bond donors (Lipinski definition) is 2. The molecule has 2 N–H and O–H groups in total. The second kappa shape index (κ2) is 9.94. The highest BCUT2D eigenvalue weighted by atomic mass is 19.1. The third-order valence-electron chi connectivity index (χ3n) is 5.34. The number of nitrogens with zero attached hydrogens (tertiary/aromatic N) is 4. The number of hydrazine groups is 1. The molecule has 2 amide bonds. The summed E-state index contributed by atoms with van der Waals surface area (Å²) in [6.45, 7) is 6.52. The van der Waals surface area contributed by atoms with Gasteiger partial charge in [0.05, 0.1) is 25.3 Å². The third kappa shape index (κ3) is 5.91. The van der Waals surface area contributed by atoms with E-state index in [1.165, 1.54) is 21.1 Å². The topological polar surface area (TPSA) is 112 Å². The van der Waals surface area contributed by atoms with Crippen molar-refractivity contribution in [2.45, 2.75) is 32.5 Å². The molecule has 3 heterocycles. The van der Waals surface area contributed by atoms with Crippen LogP contribution < -0.4 is 20.5 Å². The first-order valence-corrected chi connectivity index (χ1v) is 11.2. The minimum absolute atomic E-state index is 0.0565. The number of hydrogen-bond acceptors (Lipinski definition) is 9. The summed E-state index contributed by atoms with van der Waals surface area (Å²) in [4.78, 5) is 27.3. The smallest absolute Gasteiger partial charge is 0.424 e. The molecule has 11 nitrogen and oxygen atoms in total. The maximum atomic E-state index is 15.1. The average molecular weight is 494 g/mol. The highest BCUT2D eigenvalue weighted by Gasteiger charge is 2.34. The van der Waals surface area contributed by atoms with E-state index in [4.69, 9.17) is 14.0 Å². The van der Waals surface area contributed by atoms with E-state index in [9.17, 15) is 9.59 Å². The van der Waals surface area contributed by atoms with Crippen LogP contribution in [-0.4, -0.2) is 73.3 Å². The summed E-state index contributed by atoms with van der Waals surface area (Å²) in [6.07, 6.45) is -0.399. The van der Waals surface area contributed by atoms with Gasteiger partial charge in [-0.25, -0.2) is 28.8 Å². The predicted molar refractivity (Wildman–Crippen MR) is 122 cm³/mol. The van der Waals surface area contributed by atoms with E-state index >= 15 is 8.78 Å². The Morgan fingerprint density at radius 1 is 1.26 bits per heavy atom. The maximum Gasteiger partial charge on any atom is 0.424 e. The van der Waals surface area contributed by atoms with Crippen LogP contribution in [0.25, 0.3) is 0 Å². The van der Waals surface area contributed by atoms with E-state index in [-0.39, 0.29) is 50.6 Å². The lowest BCUT2D eigenvalue weighted by atomic mass is 10.2. The SMILES string of the molecule is CC(C)(C)OC(=O)N1CCN(c2c(F)cc(N3C[C@H](CNc4ccon4)OC3=O)cc2F)CCN1. The van der Waals surface area contributed by atoms with Crippen LogP contribution in [0.5, 0.6) is 0 Å². The van der Waals surface area contributed by atoms with Crippen LogP contribution in [-0.2, 0) is 9.47 Å². The predicted octanol–water partition coefficient (Wildman–Crippen LogP) is 2.95. The van der Waals surface area contributed by atoms with Gasteiger partial charge in [0.1, 0.15) is 23.7 Å². The van der Waals surface area contributed by atoms with Gasteiger partial charge in [0, 0.05) is 37.8 Å². The van der Waals surface area contributed by atoms with Gasteiger partial charge >= 0.3 is 12.2 Å². The van der Waals surface area contributed by atoms with E-state index in [2.05, 4.69) is 15.9 Å². The molecule has 0 unspecified atom stereocenters. The average Bonchev–Trinajstić information content (AvgIpc) is 3.34. The van der Waals surface area contributed by atoms with Gasteiger partial charge in [-0.2, -0.15) is 0 Å². The van der Waals surface area contributed by atoms with Gasteiger partial charge in [-0.05, 0) is 20.8 Å². The highest BCUT2D eigenvalue weighted by Crippen LogP contribution is 2.31. The Kier molecular flexibility index (Phi) is 6.96. The molecule has 1 aromatic heterocycles. The number of nitrogens with one attached hydrogen (secondary N) is 2. The zero-order valence-electron chi connectivity index (χ0n) is 19.7. The van der Waals surface area contributed by atoms with E-state index in [1.807, 2.05) is 0 Å². The first kappa shape index (κ1) is 24.5. The Balaban J connectivity index is 1.41. The first-order chi connectivity index (χ1) is 16.6. The van der Waals surface area contributed by atoms with Crippen molar-refractivity contribution in [3.05, 3.63) is 36.1 Å². The summed E-state index contributed by atoms with van der Waals surface area (Å²) in [5.74, 6) is -1.15. The van der Waals surface area contributed by atoms with Crippen molar-refractivity contribution in [3.8, 4) is 0 Å². The fourth-order valence-corrected chi connectivity index (χ4v) is 3.80. The fourth-order valence-electron chi connectivity index (χ4n) is 3.80. The summed E-state index contributed by atoms with van der Waals surface area (Å²) >= 11 is 0. The van der Waals surface area contributed by atoms with Crippen LogP contribution in [0, 0.1) is 11.6 Å². The van der Waals surface area contributed by atoms with Crippen molar-refractivity contribution in [1.29, 1.82) is 0 Å². The molecule has 13 heteroatoms. The molecule has 2 aliphatic heterocycles. The molecule has 0 aliphatic carbocycles. The number of aromatic nitrogens is 1. The molecule has 35 heavy (non-hydrogen) atoms. The third-order valence-corrected chi connectivity index (χ3v) is 5.34. The standard InChI is InChI=1S/C22H28F2N6O5/c1-22(2,3)35-21(32)30-8-7-28(6-5-26-30)19-16(23)10-14(11-17(19)24)29-13-15(34-20(29)31)12-25-18-4-9-33-27-18/h4,9-11,15,26H,5-8,12-13H2,1-3H3,(H,25,27)/t15-/m0/s1. The number of halogens is 2. The zero-order valence-corrected chi connectivity index (χ0v) is 19.7. The van der Waals surface area contributed by atoms with Gasteiger partial charge in [0.2, 0.25) is 0 Å². The maximum absolute atomic E-state index is 15.1. The molecule has 190 valence electrons. The van der Waals surface area contributed by atoms with Crippen LogP contribution >= 0.6 is 0 Å². The molecule has 0 bridgehead atoms. The van der Waals surface area contributed by atoms with Gasteiger partial charge in [0.15, 0.2) is 17.5 Å². The summed E-state index contributed by atoms with van der Waals surface area (Å²) in [7, 11) is 0. The number of carbonyl (C=O) groups is 2. The normalized spacial score (nSPS) is 18.9. The monoisotopic (exact) mass is 494 g/mol. The van der Waals surface area contributed by atoms with Crippen molar-refractivity contribution in [3.63, 3.8) is 0 Å². The molecular weight excluding hydrogens is 466 g/mol. The van der Waals surface area contributed by atoms with Crippen molar-refractivity contribution >= 4 is 29.4 Å². The molecule has 0 saturated carbocycles. The number of ether oxygens (including phenoxy) is 2. The minimum atomic E-state index is -0.817. The summed E-state index contributed by atoms with van der Waals surface area (Å²) in [6, 6.07) is 3.83. The lowest BCUT2D eigenvalue weighted by molar-refractivity contribution is 0.0161. The Morgan fingerprint density at radius 3 is 2.66 bits per heavy atom.